The van der Waals surface area contributed by atoms with Crippen LogP contribution < -0.4 is 0 Å². The standard InChI is InChI=1S/C14H10O7S/c15-10-1-2-11(16)13-9(10)5-7-8(14(13)18)3-6(4-12(7)17)22(19,20)21/h1-5,15-18H,(H,19,20,21). The molecule has 0 amide bonds. The first-order chi connectivity index (χ1) is 10.2. The van der Waals surface area contributed by atoms with Gasteiger partial charge in [-0.15, -0.1) is 0 Å². The summed E-state index contributed by atoms with van der Waals surface area (Å²) in [4.78, 5) is -0.605. The Kier molecular flexibility index (Phi) is 2.84. The lowest BCUT2D eigenvalue weighted by atomic mass is 10.00. The molecule has 0 aliphatic rings. The largest absolute Gasteiger partial charge is 0.507 e. The summed E-state index contributed by atoms with van der Waals surface area (Å²) in [7, 11) is -4.59. The molecule has 0 aliphatic heterocycles. The van der Waals surface area contributed by atoms with Gasteiger partial charge < -0.3 is 20.4 Å². The second-order valence-electron chi connectivity index (χ2n) is 4.76. The molecule has 3 rings (SSSR count). The average molecular weight is 322 g/mol. The summed E-state index contributed by atoms with van der Waals surface area (Å²) in [5.41, 5.74) is 0. The molecular weight excluding hydrogens is 312 g/mol. The Morgan fingerprint density at radius 1 is 0.727 bits per heavy atom. The summed E-state index contributed by atoms with van der Waals surface area (Å²) >= 11 is 0. The molecule has 0 aromatic heterocycles. The van der Waals surface area contributed by atoms with E-state index < -0.39 is 26.5 Å². The van der Waals surface area contributed by atoms with Crippen LogP contribution in [0.1, 0.15) is 0 Å². The zero-order valence-electron chi connectivity index (χ0n) is 10.8. The van der Waals surface area contributed by atoms with Crippen LogP contribution in [0.25, 0.3) is 21.5 Å². The van der Waals surface area contributed by atoms with Crippen molar-refractivity contribution in [3.05, 3.63) is 30.3 Å². The maximum absolute atomic E-state index is 11.2. The molecule has 114 valence electrons. The highest BCUT2D eigenvalue weighted by atomic mass is 32.2. The van der Waals surface area contributed by atoms with Gasteiger partial charge >= 0.3 is 0 Å². The van der Waals surface area contributed by atoms with Gasteiger partial charge in [0.1, 0.15) is 23.0 Å². The van der Waals surface area contributed by atoms with Crippen molar-refractivity contribution in [3.8, 4) is 23.0 Å². The van der Waals surface area contributed by atoms with E-state index in [-0.39, 0.29) is 33.0 Å². The minimum absolute atomic E-state index is 0.0540. The highest BCUT2D eigenvalue weighted by molar-refractivity contribution is 7.85. The van der Waals surface area contributed by atoms with Crippen molar-refractivity contribution in [1.29, 1.82) is 0 Å². The Morgan fingerprint density at radius 3 is 2.00 bits per heavy atom. The van der Waals surface area contributed by atoms with E-state index in [1.165, 1.54) is 12.1 Å². The van der Waals surface area contributed by atoms with E-state index in [2.05, 4.69) is 0 Å². The number of benzene rings is 3. The van der Waals surface area contributed by atoms with Gasteiger partial charge in [0.05, 0.1) is 10.3 Å². The molecular formula is C14H10O7S. The fourth-order valence-corrected chi connectivity index (χ4v) is 2.91. The minimum atomic E-state index is -4.59. The number of hydrogen-bond donors (Lipinski definition) is 5. The minimum Gasteiger partial charge on any atom is -0.507 e. The monoisotopic (exact) mass is 322 g/mol. The summed E-state index contributed by atoms with van der Waals surface area (Å²) in [6.45, 7) is 0. The van der Waals surface area contributed by atoms with Gasteiger partial charge in [-0.1, -0.05) is 0 Å². The molecule has 0 saturated carbocycles. The van der Waals surface area contributed by atoms with Crippen LogP contribution in [0.2, 0.25) is 0 Å². The fourth-order valence-electron chi connectivity index (χ4n) is 2.38. The Bertz CT molecular complexity index is 1040. The van der Waals surface area contributed by atoms with Crippen LogP contribution in [-0.2, 0) is 10.1 Å². The quantitative estimate of drug-likeness (QED) is 0.263. The van der Waals surface area contributed by atoms with Gasteiger partial charge in [-0.05, 0) is 24.3 Å². The smallest absolute Gasteiger partial charge is 0.294 e. The van der Waals surface area contributed by atoms with Crippen molar-refractivity contribution < 1.29 is 33.4 Å². The van der Waals surface area contributed by atoms with E-state index in [9.17, 15) is 28.8 Å². The van der Waals surface area contributed by atoms with E-state index in [4.69, 9.17) is 4.55 Å². The molecule has 0 unspecified atom stereocenters. The number of phenolic OH excluding ortho intramolecular Hbond substituents is 4. The van der Waals surface area contributed by atoms with Crippen LogP contribution in [0.4, 0.5) is 0 Å². The molecule has 0 spiro atoms. The highest BCUT2D eigenvalue weighted by Crippen LogP contribution is 2.45. The van der Waals surface area contributed by atoms with Crippen LogP contribution >= 0.6 is 0 Å². The molecule has 0 bridgehead atoms. The third kappa shape index (κ3) is 1.97. The zero-order chi connectivity index (χ0) is 16.2. The Hall–Kier alpha value is -2.71. The Morgan fingerprint density at radius 2 is 1.36 bits per heavy atom. The Labute approximate surface area is 124 Å². The van der Waals surface area contributed by atoms with Gasteiger partial charge in [-0.3, -0.25) is 4.55 Å². The first-order valence-electron chi connectivity index (χ1n) is 6.01. The predicted molar refractivity (Wildman–Crippen MR) is 77.9 cm³/mol. The second kappa shape index (κ2) is 4.39. The average Bonchev–Trinajstić information content (AvgIpc) is 2.42. The lowest BCUT2D eigenvalue weighted by molar-refractivity contribution is 0.458. The topological polar surface area (TPSA) is 135 Å². The first-order valence-corrected chi connectivity index (χ1v) is 7.45. The molecule has 7 nitrogen and oxygen atoms in total. The van der Waals surface area contributed by atoms with E-state index >= 15 is 0 Å². The van der Waals surface area contributed by atoms with Gasteiger partial charge in [-0.25, -0.2) is 0 Å². The molecule has 0 heterocycles. The molecule has 0 fully saturated rings. The number of rotatable bonds is 1. The van der Waals surface area contributed by atoms with Crippen molar-refractivity contribution in [2.24, 2.45) is 0 Å². The van der Waals surface area contributed by atoms with Crippen LogP contribution in [0.15, 0.2) is 35.2 Å². The van der Waals surface area contributed by atoms with Crippen LogP contribution in [-0.4, -0.2) is 33.4 Å². The first kappa shape index (κ1) is 14.2. The van der Waals surface area contributed by atoms with Crippen molar-refractivity contribution in [2.75, 3.05) is 0 Å². The fraction of sp³-hybridized carbons (Fsp3) is 0. The van der Waals surface area contributed by atoms with E-state index in [0.717, 1.165) is 18.2 Å². The number of aromatic hydroxyl groups is 4. The molecule has 8 heteroatoms. The van der Waals surface area contributed by atoms with Gasteiger partial charge in [0.25, 0.3) is 10.1 Å². The summed E-state index contributed by atoms with van der Waals surface area (Å²) in [5, 5.41) is 39.8. The van der Waals surface area contributed by atoms with Crippen molar-refractivity contribution in [2.45, 2.75) is 4.90 Å². The summed E-state index contributed by atoms with van der Waals surface area (Å²) in [5.74, 6) is -1.60. The third-order valence-corrected chi connectivity index (χ3v) is 4.24. The Balaban J connectivity index is 2.59. The van der Waals surface area contributed by atoms with Gasteiger partial charge in [0.2, 0.25) is 0 Å². The summed E-state index contributed by atoms with van der Waals surface area (Å²) < 4.78 is 31.5. The summed E-state index contributed by atoms with van der Waals surface area (Å²) in [6, 6.07) is 5.45. The highest BCUT2D eigenvalue weighted by Gasteiger charge is 2.19. The van der Waals surface area contributed by atoms with E-state index in [0.29, 0.717) is 0 Å². The lowest BCUT2D eigenvalue weighted by Crippen LogP contribution is -1.98. The van der Waals surface area contributed by atoms with E-state index in [1.807, 2.05) is 0 Å². The number of phenols is 4. The van der Waals surface area contributed by atoms with Crippen LogP contribution in [0.3, 0.4) is 0 Å². The molecule has 0 atom stereocenters. The maximum Gasteiger partial charge on any atom is 0.294 e. The maximum atomic E-state index is 11.2. The predicted octanol–water partition coefficient (Wildman–Crippen LogP) is 2.06. The number of hydrogen-bond acceptors (Lipinski definition) is 6. The summed E-state index contributed by atoms with van der Waals surface area (Å²) in [6.07, 6.45) is 0. The molecule has 3 aromatic rings. The van der Waals surface area contributed by atoms with Gasteiger partial charge in [-0.2, -0.15) is 8.42 Å². The molecule has 0 radical (unpaired) electrons. The van der Waals surface area contributed by atoms with E-state index in [1.54, 1.807) is 0 Å². The van der Waals surface area contributed by atoms with Gasteiger partial charge in [0.15, 0.2) is 0 Å². The van der Waals surface area contributed by atoms with Crippen LogP contribution in [0, 0.1) is 0 Å². The molecule has 22 heavy (non-hydrogen) atoms. The van der Waals surface area contributed by atoms with Crippen molar-refractivity contribution in [3.63, 3.8) is 0 Å². The lowest BCUT2D eigenvalue weighted by Gasteiger charge is -2.11. The normalized spacial score (nSPS) is 12.0. The second-order valence-corrected chi connectivity index (χ2v) is 6.19. The zero-order valence-corrected chi connectivity index (χ0v) is 11.7. The van der Waals surface area contributed by atoms with Crippen LogP contribution in [0.5, 0.6) is 23.0 Å². The third-order valence-electron chi connectivity index (χ3n) is 3.41. The molecule has 0 aliphatic carbocycles. The van der Waals surface area contributed by atoms with Crippen molar-refractivity contribution in [1.82, 2.24) is 0 Å². The SMILES string of the molecule is O=S(=O)(O)c1cc(O)c2cc3c(O)ccc(O)c3c(O)c2c1. The molecule has 3 aromatic carbocycles. The number of fused-ring (bicyclic) bond motifs is 2. The van der Waals surface area contributed by atoms with Crippen molar-refractivity contribution >= 4 is 31.7 Å². The molecule has 0 saturated heterocycles. The molecule has 5 N–H and O–H groups in total. The van der Waals surface area contributed by atoms with Gasteiger partial charge in [0, 0.05) is 22.2 Å².